The summed E-state index contributed by atoms with van der Waals surface area (Å²) in [6, 6.07) is 7.55. The summed E-state index contributed by atoms with van der Waals surface area (Å²) in [6.45, 7) is 6.84. The first-order chi connectivity index (χ1) is 9.31. The van der Waals surface area contributed by atoms with Crippen LogP contribution in [0.25, 0.3) is 0 Å². The van der Waals surface area contributed by atoms with Crippen LogP contribution in [0.3, 0.4) is 0 Å². The van der Waals surface area contributed by atoms with Crippen LogP contribution in [-0.4, -0.2) is 19.1 Å². The van der Waals surface area contributed by atoms with Crippen LogP contribution in [0.4, 0.5) is 0 Å². The highest BCUT2D eigenvalue weighted by Crippen LogP contribution is 2.21. The zero-order valence-electron chi connectivity index (χ0n) is 12.9. The van der Waals surface area contributed by atoms with Crippen LogP contribution in [-0.2, 0) is 11.3 Å². The summed E-state index contributed by atoms with van der Waals surface area (Å²) in [5.41, 5.74) is 7.11. The Labute approximate surface area is 121 Å². The molecule has 1 aromatic carbocycles. The number of ether oxygens (including phenoxy) is 1. The molecular formula is C16H26N2O2. The van der Waals surface area contributed by atoms with Crippen LogP contribution in [0.15, 0.2) is 24.3 Å². The molecule has 1 rings (SSSR count). The van der Waals surface area contributed by atoms with Crippen molar-refractivity contribution in [2.75, 3.05) is 7.11 Å². The van der Waals surface area contributed by atoms with E-state index < -0.39 is 0 Å². The Kier molecular flexibility index (Phi) is 6.02. The van der Waals surface area contributed by atoms with E-state index in [1.165, 1.54) is 0 Å². The van der Waals surface area contributed by atoms with Gasteiger partial charge >= 0.3 is 0 Å². The third-order valence-corrected chi connectivity index (χ3v) is 2.99. The summed E-state index contributed by atoms with van der Waals surface area (Å²) in [6.07, 6.45) is 1.18. The lowest BCUT2D eigenvalue weighted by atomic mass is 9.87. The Bertz CT molecular complexity index is 438. The minimum absolute atomic E-state index is 0.0207. The summed E-state index contributed by atoms with van der Waals surface area (Å²) in [4.78, 5) is 11.9. The van der Waals surface area contributed by atoms with E-state index in [1.807, 2.05) is 24.3 Å². The molecule has 112 valence electrons. The average Bonchev–Trinajstić information content (AvgIpc) is 2.34. The lowest BCUT2D eigenvalue weighted by Gasteiger charge is -2.22. The van der Waals surface area contributed by atoms with Gasteiger partial charge in [0.1, 0.15) is 5.75 Å². The van der Waals surface area contributed by atoms with Gasteiger partial charge in [0.05, 0.1) is 7.11 Å². The highest BCUT2D eigenvalue weighted by atomic mass is 16.5. The Morgan fingerprint density at radius 3 is 2.60 bits per heavy atom. The molecule has 1 unspecified atom stereocenters. The maximum Gasteiger partial charge on any atom is 0.221 e. The fourth-order valence-corrected chi connectivity index (χ4v) is 2.21. The number of carbonyl (C=O) groups excluding carboxylic acids is 1. The molecule has 1 amide bonds. The lowest BCUT2D eigenvalue weighted by Crippen LogP contribution is -2.34. The quantitative estimate of drug-likeness (QED) is 0.840. The third-order valence-electron chi connectivity index (χ3n) is 2.99. The van der Waals surface area contributed by atoms with Gasteiger partial charge in [-0.1, -0.05) is 39.0 Å². The predicted octanol–water partition coefficient (Wildman–Crippen LogP) is 2.46. The molecule has 0 bridgehead atoms. The Hall–Kier alpha value is -1.55. The van der Waals surface area contributed by atoms with Crippen molar-refractivity contribution in [1.29, 1.82) is 0 Å². The molecule has 20 heavy (non-hydrogen) atoms. The van der Waals surface area contributed by atoms with Gasteiger partial charge in [0, 0.05) is 24.6 Å². The number of benzene rings is 1. The molecule has 0 spiro atoms. The van der Waals surface area contributed by atoms with Gasteiger partial charge in [0.15, 0.2) is 0 Å². The van der Waals surface area contributed by atoms with Crippen molar-refractivity contribution in [2.24, 2.45) is 11.1 Å². The zero-order chi connectivity index (χ0) is 15.2. The molecule has 4 nitrogen and oxygen atoms in total. The molecule has 0 saturated heterocycles. The molecule has 1 atom stereocenters. The molecule has 0 heterocycles. The van der Waals surface area contributed by atoms with E-state index in [0.717, 1.165) is 17.7 Å². The van der Waals surface area contributed by atoms with E-state index >= 15 is 0 Å². The number of para-hydroxylation sites is 1. The molecule has 4 heteroatoms. The molecule has 0 saturated carbocycles. The number of amides is 1. The lowest BCUT2D eigenvalue weighted by molar-refractivity contribution is -0.121. The first-order valence-electron chi connectivity index (χ1n) is 6.96. The Morgan fingerprint density at radius 2 is 2.00 bits per heavy atom. The van der Waals surface area contributed by atoms with Crippen molar-refractivity contribution in [3.8, 4) is 5.75 Å². The van der Waals surface area contributed by atoms with Crippen LogP contribution >= 0.6 is 0 Å². The summed E-state index contributed by atoms with van der Waals surface area (Å²) in [7, 11) is 1.62. The molecular weight excluding hydrogens is 252 g/mol. The molecule has 3 N–H and O–H groups in total. The fraction of sp³-hybridized carbons (Fsp3) is 0.562. The number of rotatable bonds is 6. The summed E-state index contributed by atoms with van der Waals surface area (Å²) in [5.74, 6) is 0.763. The van der Waals surface area contributed by atoms with Crippen molar-refractivity contribution < 1.29 is 9.53 Å². The van der Waals surface area contributed by atoms with Crippen LogP contribution in [0.5, 0.6) is 5.75 Å². The number of nitrogens with one attached hydrogen (secondary N) is 1. The second kappa shape index (κ2) is 7.29. The topological polar surface area (TPSA) is 64.3 Å². The van der Waals surface area contributed by atoms with E-state index in [-0.39, 0.29) is 17.4 Å². The van der Waals surface area contributed by atoms with Crippen LogP contribution in [0.2, 0.25) is 0 Å². The summed E-state index contributed by atoms with van der Waals surface area (Å²) >= 11 is 0. The largest absolute Gasteiger partial charge is 0.496 e. The van der Waals surface area contributed by atoms with Gasteiger partial charge in [-0.25, -0.2) is 0 Å². The first kappa shape index (κ1) is 16.5. The maximum absolute atomic E-state index is 11.9. The van der Waals surface area contributed by atoms with Crippen molar-refractivity contribution in [2.45, 2.75) is 46.2 Å². The van der Waals surface area contributed by atoms with Crippen molar-refractivity contribution >= 4 is 5.91 Å². The van der Waals surface area contributed by atoms with Gasteiger partial charge in [0.25, 0.3) is 0 Å². The van der Waals surface area contributed by atoms with E-state index in [0.29, 0.717) is 13.0 Å². The number of carbonyl (C=O) groups is 1. The molecule has 1 aromatic rings. The minimum atomic E-state index is -0.104. The number of hydrogen-bond donors (Lipinski definition) is 2. The van der Waals surface area contributed by atoms with Crippen molar-refractivity contribution in [1.82, 2.24) is 5.32 Å². The van der Waals surface area contributed by atoms with E-state index in [1.54, 1.807) is 7.11 Å². The molecule has 0 aromatic heterocycles. The average molecular weight is 278 g/mol. The maximum atomic E-state index is 11.9. The summed E-state index contributed by atoms with van der Waals surface area (Å²) in [5, 5.41) is 2.89. The molecule has 0 aliphatic rings. The Balaban J connectivity index is 2.43. The SMILES string of the molecule is COc1ccccc1CNC(=O)CC(N)CC(C)(C)C. The second-order valence-electron chi connectivity index (χ2n) is 6.32. The molecule has 0 aliphatic carbocycles. The van der Waals surface area contributed by atoms with E-state index in [2.05, 4.69) is 26.1 Å². The molecule has 0 radical (unpaired) electrons. The summed E-state index contributed by atoms with van der Waals surface area (Å²) < 4.78 is 5.25. The van der Waals surface area contributed by atoms with Gasteiger partial charge in [-0.2, -0.15) is 0 Å². The fourth-order valence-electron chi connectivity index (χ4n) is 2.21. The van der Waals surface area contributed by atoms with Crippen LogP contribution in [0.1, 0.15) is 39.2 Å². The Morgan fingerprint density at radius 1 is 1.35 bits per heavy atom. The second-order valence-corrected chi connectivity index (χ2v) is 6.32. The predicted molar refractivity (Wildman–Crippen MR) is 81.5 cm³/mol. The highest BCUT2D eigenvalue weighted by Gasteiger charge is 2.18. The molecule has 0 aliphatic heterocycles. The van der Waals surface area contributed by atoms with Gasteiger partial charge in [-0.3, -0.25) is 4.79 Å². The van der Waals surface area contributed by atoms with Gasteiger partial charge in [-0.05, 0) is 17.9 Å². The molecule has 0 fully saturated rings. The van der Waals surface area contributed by atoms with E-state index in [4.69, 9.17) is 10.5 Å². The number of methoxy groups -OCH3 is 1. The first-order valence-corrected chi connectivity index (χ1v) is 6.96. The van der Waals surface area contributed by atoms with Gasteiger partial charge in [-0.15, -0.1) is 0 Å². The minimum Gasteiger partial charge on any atom is -0.496 e. The van der Waals surface area contributed by atoms with Crippen LogP contribution in [0, 0.1) is 5.41 Å². The smallest absolute Gasteiger partial charge is 0.221 e. The monoisotopic (exact) mass is 278 g/mol. The van der Waals surface area contributed by atoms with Crippen molar-refractivity contribution in [3.63, 3.8) is 0 Å². The number of hydrogen-bond acceptors (Lipinski definition) is 3. The van der Waals surface area contributed by atoms with Gasteiger partial charge < -0.3 is 15.8 Å². The third kappa shape index (κ3) is 6.06. The zero-order valence-corrected chi connectivity index (χ0v) is 12.9. The van der Waals surface area contributed by atoms with Crippen LogP contribution < -0.4 is 15.8 Å². The van der Waals surface area contributed by atoms with Crippen molar-refractivity contribution in [3.05, 3.63) is 29.8 Å². The number of nitrogens with two attached hydrogens (primary N) is 1. The highest BCUT2D eigenvalue weighted by molar-refractivity contribution is 5.76. The standard InChI is InChI=1S/C16H26N2O2/c1-16(2,3)10-13(17)9-15(19)18-11-12-7-5-6-8-14(12)20-4/h5-8,13H,9-11,17H2,1-4H3,(H,18,19). The van der Waals surface area contributed by atoms with E-state index in [9.17, 15) is 4.79 Å². The normalized spacial score (nSPS) is 12.8. The van der Waals surface area contributed by atoms with Gasteiger partial charge in [0.2, 0.25) is 5.91 Å².